The lowest BCUT2D eigenvalue weighted by Crippen LogP contribution is -2.48. The normalized spacial score (nSPS) is 27.5. The molecule has 1 aromatic rings. The Hall–Kier alpha value is -1.56. The average molecular weight is 298 g/mol. The number of nitrogens with one attached hydrogen (secondary N) is 1. The van der Waals surface area contributed by atoms with E-state index in [0.29, 0.717) is 0 Å². The highest BCUT2D eigenvalue weighted by Crippen LogP contribution is 2.43. The Kier molecular flexibility index (Phi) is 3.43. The third-order valence-corrected chi connectivity index (χ3v) is 4.23. The topological polar surface area (TPSA) is 33.7 Å². The Balaban J connectivity index is 1.84. The van der Waals surface area contributed by atoms with Gasteiger partial charge in [-0.25, -0.2) is 0 Å². The van der Waals surface area contributed by atoms with E-state index in [2.05, 4.69) is 33.5 Å². The zero-order chi connectivity index (χ0) is 15.1. The molecule has 0 bridgehead atoms. The number of ether oxygens (including phenoxy) is 2. The molecule has 0 radical (unpaired) electrons. The van der Waals surface area contributed by atoms with Gasteiger partial charge in [0.05, 0.1) is 0 Å². The number of anilines is 1. The molecule has 3 rings (SSSR count). The maximum atomic E-state index is 13.1. The molecule has 6 heteroatoms. The summed E-state index contributed by atoms with van der Waals surface area (Å²) in [6, 6.07) is 5.00. The molecular formula is C15H20F2N2O2. The van der Waals surface area contributed by atoms with Crippen LogP contribution in [0.15, 0.2) is 18.2 Å². The van der Waals surface area contributed by atoms with Gasteiger partial charge in [-0.15, -0.1) is 8.78 Å². The number of hydrogen-bond acceptors (Lipinski definition) is 4. The van der Waals surface area contributed by atoms with E-state index >= 15 is 0 Å². The summed E-state index contributed by atoms with van der Waals surface area (Å²) >= 11 is 0. The van der Waals surface area contributed by atoms with Crippen LogP contribution < -0.4 is 19.7 Å². The molecule has 1 aromatic carbocycles. The van der Waals surface area contributed by atoms with Crippen LogP contribution >= 0.6 is 0 Å². The zero-order valence-corrected chi connectivity index (χ0v) is 12.3. The summed E-state index contributed by atoms with van der Waals surface area (Å²) in [6.45, 7) is 7.02. The van der Waals surface area contributed by atoms with Crippen molar-refractivity contribution in [1.82, 2.24) is 5.32 Å². The largest absolute Gasteiger partial charge is 0.586 e. The summed E-state index contributed by atoms with van der Waals surface area (Å²) in [5, 5.41) is 3.56. The first-order valence-electron chi connectivity index (χ1n) is 7.31. The molecule has 1 unspecified atom stereocenters. The second kappa shape index (κ2) is 5.02. The Morgan fingerprint density at radius 2 is 2.05 bits per heavy atom. The fourth-order valence-electron chi connectivity index (χ4n) is 2.81. The van der Waals surface area contributed by atoms with Gasteiger partial charge in [0, 0.05) is 30.4 Å². The molecule has 0 aliphatic carbocycles. The van der Waals surface area contributed by atoms with Gasteiger partial charge < -0.3 is 19.7 Å². The van der Waals surface area contributed by atoms with Crippen LogP contribution in [-0.2, 0) is 0 Å². The fraction of sp³-hybridized carbons (Fsp3) is 0.600. The highest BCUT2D eigenvalue weighted by Gasteiger charge is 2.43. The zero-order valence-electron chi connectivity index (χ0n) is 12.3. The Bertz CT molecular complexity index is 538. The van der Waals surface area contributed by atoms with E-state index in [1.54, 1.807) is 12.1 Å². The molecule has 0 spiro atoms. The van der Waals surface area contributed by atoms with E-state index in [4.69, 9.17) is 0 Å². The molecular weight excluding hydrogens is 278 g/mol. The number of benzene rings is 1. The van der Waals surface area contributed by atoms with Crippen LogP contribution in [0.3, 0.4) is 0 Å². The minimum Gasteiger partial charge on any atom is -0.395 e. The molecule has 0 aromatic heterocycles. The summed E-state index contributed by atoms with van der Waals surface area (Å²) in [5.41, 5.74) is 0.912. The Morgan fingerprint density at radius 1 is 1.29 bits per heavy atom. The molecule has 2 heterocycles. The van der Waals surface area contributed by atoms with Gasteiger partial charge in [-0.2, -0.15) is 0 Å². The van der Waals surface area contributed by atoms with Gasteiger partial charge in [-0.1, -0.05) is 6.92 Å². The first-order chi connectivity index (χ1) is 9.91. The SMILES string of the molecule is CCC1(C)CN(c2ccc3c(c2)OC(F)(F)O3)CCCN1. The van der Waals surface area contributed by atoms with E-state index in [1.807, 2.05) is 6.07 Å². The highest BCUT2D eigenvalue weighted by atomic mass is 19.3. The van der Waals surface area contributed by atoms with E-state index in [-0.39, 0.29) is 17.0 Å². The van der Waals surface area contributed by atoms with Gasteiger partial charge in [-0.05, 0) is 38.4 Å². The van der Waals surface area contributed by atoms with Crippen molar-refractivity contribution in [2.24, 2.45) is 0 Å². The van der Waals surface area contributed by atoms with Crippen molar-refractivity contribution in [3.63, 3.8) is 0 Å². The lowest BCUT2D eigenvalue weighted by atomic mass is 9.98. The van der Waals surface area contributed by atoms with Crippen molar-refractivity contribution in [2.45, 2.75) is 38.5 Å². The van der Waals surface area contributed by atoms with Crippen LogP contribution in [0.1, 0.15) is 26.7 Å². The van der Waals surface area contributed by atoms with E-state index in [0.717, 1.165) is 38.2 Å². The number of hydrogen-bond donors (Lipinski definition) is 1. The molecule has 0 saturated carbocycles. The Labute approximate surface area is 123 Å². The number of alkyl halides is 2. The number of fused-ring (bicyclic) bond motifs is 1. The maximum Gasteiger partial charge on any atom is 0.586 e. The number of rotatable bonds is 2. The highest BCUT2D eigenvalue weighted by molar-refractivity contribution is 5.57. The predicted octanol–water partition coefficient (Wildman–Crippen LogP) is 2.98. The van der Waals surface area contributed by atoms with Gasteiger partial charge in [-0.3, -0.25) is 0 Å². The predicted molar refractivity (Wildman–Crippen MR) is 76.2 cm³/mol. The van der Waals surface area contributed by atoms with Crippen LogP contribution in [0, 0.1) is 0 Å². The van der Waals surface area contributed by atoms with E-state index in [9.17, 15) is 8.78 Å². The first kappa shape index (κ1) is 14.4. The summed E-state index contributed by atoms with van der Waals surface area (Å²) in [5.74, 6) is 0.197. The van der Waals surface area contributed by atoms with Crippen molar-refractivity contribution >= 4 is 5.69 Å². The second-order valence-corrected chi connectivity index (χ2v) is 5.91. The van der Waals surface area contributed by atoms with Crippen molar-refractivity contribution in [2.75, 3.05) is 24.5 Å². The van der Waals surface area contributed by atoms with Crippen LogP contribution in [0.4, 0.5) is 14.5 Å². The first-order valence-corrected chi connectivity index (χ1v) is 7.31. The van der Waals surface area contributed by atoms with Crippen molar-refractivity contribution in [1.29, 1.82) is 0 Å². The van der Waals surface area contributed by atoms with Crippen LogP contribution in [-0.4, -0.2) is 31.5 Å². The average Bonchev–Trinajstić information content (AvgIpc) is 2.61. The molecule has 1 atom stereocenters. The molecule has 1 saturated heterocycles. The third-order valence-electron chi connectivity index (χ3n) is 4.23. The van der Waals surface area contributed by atoms with Gasteiger partial charge in [0.15, 0.2) is 11.5 Å². The summed E-state index contributed by atoms with van der Waals surface area (Å²) < 4.78 is 35.1. The lowest BCUT2D eigenvalue weighted by Gasteiger charge is -2.34. The van der Waals surface area contributed by atoms with Crippen molar-refractivity contribution < 1.29 is 18.3 Å². The maximum absolute atomic E-state index is 13.1. The molecule has 1 N–H and O–H groups in total. The fourth-order valence-corrected chi connectivity index (χ4v) is 2.81. The van der Waals surface area contributed by atoms with E-state index in [1.165, 1.54) is 0 Å². The van der Waals surface area contributed by atoms with Crippen molar-refractivity contribution in [3.05, 3.63) is 18.2 Å². The third kappa shape index (κ3) is 2.90. The summed E-state index contributed by atoms with van der Waals surface area (Å²) in [6.07, 6.45) is -1.54. The van der Waals surface area contributed by atoms with Gasteiger partial charge >= 0.3 is 6.29 Å². The quantitative estimate of drug-likeness (QED) is 0.910. The van der Waals surface area contributed by atoms with Crippen LogP contribution in [0.2, 0.25) is 0 Å². The van der Waals surface area contributed by atoms with Gasteiger partial charge in [0.1, 0.15) is 0 Å². The summed E-state index contributed by atoms with van der Waals surface area (Å²) in [4.78, 5) is 2.21. The van der Waals surface area contributed by atoms with Gasteiger partial charge in [0.25, 0.3) is 0 Å². The molecule has 0 amide bonds. The molecule has 21 heavy (non-hydrogen) atoms. The monoisotopic (exact) mass is 298 g/mol. The minimum absolute atomic E-state index is 0.0246. The summed E-state index contributed by atoms with van der Waals surface area (Å²) in [7, 11) is 0. The minimum atomic E-state index is -3.56. The lowest BCUT2D eigenvalue weighted by molar-refractivity contribution is -0.286. The van der Waals surface area contributed by atoms with E-state index < -0.39 is 6.29 Å². The molecule has 2 aliphatic heterocycles. The molecule has 116 valence electrons. The Morgan fingerprint density at radius 3 is 2.81 bits per heavy atom. The standard InChI is InChI=1S/C15H20F2N2O2/c1-3-14(2)10-19(8-4-7-18-14)11-5-6-12-13(9-11)21-15(16,17)20-12/h5-6,9,18H,3-4,7-8,10H2,1-2H3. The van der Waals surface area contributed by atoms with Crippen LogP contribution in [0.5, 0.6) is 11.5 Å². The molecule has 1 fully saturated rings. The number of halogens is 2. The number of nitrogens with zero attached hydrogens (tertiary/aromatic N) is 1. The van der Waals surface area contributed by atoms with Crippen LogP contribution in [0.25, 0.3) is 0 Å². The molecule has 4 nitrogen and oxygen atoms in total. The van der Waals surface area contributed by atoms with Crippen molar-refractivity contribution in [3.8, 4) is 11.5 Å². The molecule has 2 aliphatic rings. The second-order valence-electron chi connectivity index (χ2n) is 5.91. The van der Waals surface area contributed by atoms with Gasteiger partial charge in [0.2, 0.25) is 0 Å². The smallest absolute Gasteiger partial charge is 0.395 e.